The van der Waals surface area contributed by atoms with Crippen molar-refractivity contribution in [3.8, 4) is 5.75 Å². The summed E-state index contributed by atoms with van der Waals surface area (Å²) >= 11 is 0. The third kappa shape index (κ3) is 5.55. The third-order valence-electron chi connectivity index (χ3n) is 4.94. The average Bonchev–Trinajstić information content (AvgIpc) is 2.70. The molecule has 0 aromatic heterocycles. The predicted molar refractivity (Wildman–Crippen MR) is 108 cm³/mol. The highest BCUT2D eigenvalue weighted by atomic mass is 16.5. The van der Waals surface area contributed by atoms with Gasteiger partial charge in [0.25, 0.3) is 0 Å². The topological polar surface area (TPSA) is 58.8 Å². The van der Waals surface area contributed by atoms with E-state index in [4.69, 9.17) is 10.5 Å². The first-order chi connectivity index (χ1) is 13.2. The van der Waals surface area contributed by atoms with E-state index in [1.54, 1.807) is 0 Å². The Hall–Kier alpha value is -2.37. The molecule has 1 atom stereocenters. The lowest BCUT2D eigenvalue weighted by Crippen LogP contribution is -2.53. The first kappa shape index (κ1) is 19.4. The van der Waals surface area contributed by atoms with E-state index in [2.05, 4.69) is 17.0 Å². The van der Waals surface area contributed by atoms with Crippen molar-refractivity contribution in [2.45, 2.75) is 25.9 Å². The van der Waals surface area contributed by atoms with Crippen molar-refractivity contribution in [2.75, 3.05) is 32.8 Å². The summed E-state index contributed by atoms with van der Waals surface area (Å²) in [5.74, 6) is 0.962. The van der Waals surface area contributed by atoms with Crippen LogP contribution in [0, 0.1) is 0 Å². The zero-order valence-electron chi connectivity index (χ0n) is 16.0. The van der Waals surface area contributed by atoms with Crippen LogP contribution in [-0.4, -0.2) is 54.5 Å². The number of carbonyl (C=O) groups excluding carboxylic acids is 1. The number of amides is 1. The number of nitrogens with zero attached hydrogens (tertiary/aromatic N) is 2. The summed E-state index contributed by atoms with van der Waals surface area (Å²) in [7, 11) is 0. The van der Waals surface area contributed by atoms with Crippen molar-refractivity contribution in [1.29, 1.82) is 0 Å². The summed E-state index contributed by atoms with van der Waals surface area (Å²) < 4.78 is 5.49. The minimum Gasteiger partial charge on any atom is -0.494 e. The van der Waals surface area contributed by atoms with E-state index in [0.717, 1.165) is 44.0 Å². The van der Waals surface area contributed by atoms with Gasteiger partial charge in [0, 0.05) is 32.7 Å². The molecule has 2 aromatic rings. The molecule has 0 bridgehead atoms. The molecule has 1 saturated heterocycles. The van der Waals surface area contributed by atoms with Crippen molar-refractivity contribution in [3.63, 3.8) is 0 Å². The summed E-state index contributed by atoms with van der Waals surface area (Å²) in [6, 6.07) is 17.7. The zero-order valence-corrected chi connectivity index (χ0v) is 16.0. The SMILES string of the molecule is CCOc1ccc(CN2CCN(C(=O)C(N)Cc3ccccc3)CC2)cc1. The van der Waals surface area contributed by atoms with E-state index in [1.165, 1.54) is 5.56 Å². The van der Waals surface area contributed by atoms with Gasteiger partial charge in [0.15, 0.2) is 0 Å². The molecule has 5 nitrogen and oxygen atoms in total. The normalized spacial score (nSPS) is 16.1. The fourth-order valence-electron chi connectivity index (χ4n) is 3.43. The first-order valence-electron chi connectivity index (χ1n) is 9.68. The highest BCUT2D eigenvalue weighted by Gasteiger charge is 2.25. The summed E-state index contributed by atoms with van der Waals surface area (Å²) in [6.45, 7) is 6.78. The van der Waals surface area contributed by atoms with E-state index in [0.29, 0.717) is 13.0 Å². The molecular weight excluding hydrogens is 338 g/mol. The van der Waals surface area contributed by atoms with Crippen molar-refractivity contribution >= 4 is 5.91 Å². The molecule has 1 aliphatic rings. The quantitative estimate of drug-likeness (QED) is 0.816. The molecule has 5 heteroatoms. The maximum Gasteiger partial charge on any atom is 0.239 e. The van der Waals surface area contributed by atoms with Gasteiger partial charge in [-0.1, -0.05) is 42.5 Å². The van der Waals surface area contributed by atoms with E-state index in [1.807, 2.05) is 54.3 Å². The lowest BCUT2D eigenvalue weighted by atomic mass is 10.1. The standard InChI is InChI=1S/C22H29N3O2/c1-2-27-20-10-8-19(9-11-20)17-24-12-14-25(15-13-24)22(26)21(23)16-18-6-4-3-5-7-18/h3-11,21H,2,12-17,23H2,1H3. The molecule has 1 fully saturated rings. The predicted octanol–water partition coefficient (Wildman–Crippen LogP) is 2.30. The molecule has 144 valence electrons. The van der Waals surface area contributed by atoms with Gasteiger partial charge in [-0.15, -0.1) is 0 Å². The number of hydrogen-bond acceptors (Lipinski definition) is 4. The molecule has 1 unspecified atom stereocenters. The molecule has 1 heterocycles. The minimum atomic E-state index is -0.468. The molecule has 3 rings (SSSR count). The smallest absolute Gasteiger partial charge is 0.239 e. The molecule has 27 heavy (non-hydrogen) atoms. The zero-order chi connectivity index (χ0) is 19.1. The van der Waals surface area contributed by atoms with Crippen molar-refractivity contribution in [3.05, 3.63) is 65.7 Å². The first-order valence-corrected chi connectivity index (χ1v) is 9.68. The Kier molecular flexibility index (Phi) is 6.85. The monoisotopic (exact) mass is 367 g/mol. The van der Waals surface area contributed by atoms with E-state index in [-0.39, 0.29) is 5.91 Å². The molecule has 1 aliphatic heterocycles. The molecule has 0 aliphatic carbocycles. The lowest BCUT2D eigenvalue weighted by molar-refractivity contribution is -0.134. The van der Waals surface area contributed by atoms with Gasteiger partial charge in [-0.05, 0) is 36.6 Å². The van der Waals surface area contributed by atoms with Crippen LogP contribution in [0.15, 0.2) is 54.6 Å². The van der Waals surface area contributed by atoms with Gasteiger partial charge in [0.2, 0.25) is 5.91 Å². The summed E-state index contributed by atoms with van der Waals surface area (Å²) in [5.41, 5.74) is 8.53. The molecule has 2 N–H and O–H groups in total. The van der Waals surface area contributed by atoms with E-state index in [9.17, 15) is 4.79 Å². The Bertz CT molecular complexity index is 710. The number of rotatable bonds is 7. The highest BCUT2D eigenvalue weighted by Crippen LogP contribution is 2.15. The third-order valence-corrected chi connectivity index (χ3v) is 4.94. The summed E-state index contributed by atoms with van der Waals surface area (Å²) in [6.07, 6.45) is 0.589. The van der Waals surface area contributed by atoms with Crippen molar-refractivity contribution in [2.24, 2.45) is 5.73 Å². The van der Waals surface area contributed by atoms with Gasteiger partial charge in [-0.3, -0.25) is 9.69 Å². The lowest BCUT2D eigenvalue weighted by Gasteiger charge is -2.36. The van der Waals surface area contributed by atoms with Crippen LogP contribution in [-0.2, 0) is 17.8 Å². The van der Waals surface area contributed by atoms with E-state index >= 15 is 0 Å². The number of ether oxygens (including phenoxy) is 1. The second kappa shape index (κ2) is 9.53. The van der Waals surface area contributed by atoms with Crippen molar-refractivity contribution in [1.82, 2.24) is 9.80 Å². The maximum absolute atomic E-state index is 12.6. The largest absolute Gasteiger partial charge is 0.494 e. The van der Waals surface area contributed by atoms with Crippen molar-refractivity contribution < 1.29 is 9.53 Å². The van der Waals surface area contributed by atoms with Gasteiger partial charge in [-0.2, -0.15) is 0 Å². The Morgan fingerprint density at radius 1 is 1.00 bits per heavy atom. The Labute approximate surface area is 161 Å². The fourth-order valence-corrected chi connectivity index (χ4v) is 3.43. The van der Waals surface area contributed by atoms with Crippen LogP contribution < -0.4 is 10.5 Å². The van der Waals surface area contributed by atoms with Crippen LogP contribution in [0.3, 0.4) is 0 Å². The molecular formula is C22H29N3O2. The summed E-state index contributed by atoms with van der Waals surface area (Å²) in [4.78, 5) is 16.9. The van der Waals surface area contributed by atoms with Gasteiger partial charge in [-0.25, -0.2) is 0 Å². The number of carbonyl (C=O) groups is 1. The van der Waals surface area contributed by atoms with Gasteiger partial charge in [0.05, 0.1) is 12.6 Å². The Morgan fingerprint density at radius 2 is 1.67 bits per heavy atom. The van der Waals surface area contributed by atoms with Crippen LogP contribution in [0.2, 0.25) is 0 Å². The van der Waals surface area contributed by atoms with Crippen LogP contribution >= 0.6 is 0 Å². The number of nitrogens with two attached hydrogens (primary N) is 1. The molecule has 1 amide bonds. The van der Waals surface area contributed by atoms with Gasteiger partial charge >= 0.3 is 0 Å². The number of hydrogen-bond donors (Lipinski definition) is 1. The van der Waals surface area contributed by atoms with Crippen LogP contribution in [0.1, 0.15) is 18.1 Å². The number of benzene rings is 2. The van der Waals surface area contributed by atoms with Crippen LogP contribution in [0.5, 0.6) is 5.75 Å². The van der Waals surface area contributed by atoms with Crippen LogP contribution in [0.25, 0.3) is 0 Å². The molecule has 0 spiro atoms. The highest BCUT2D eigenvalue weighted by molar-refractivity contribution is 5.82. The molecule has 2 aromatic carbocycles. The average molecular weight is 367 g/mol. The second-order valence-corrected chi connectivity index (χ2v) is 6.97. The van der Waals surface area contributed by atoms with Gasteiger partial charge in [0.1, 0.15) is 5.75 Å². The Balaban J connectivity index is 1.45. The van der Waals surface area contributed by atoms with Gasteiger partial charge < -0.3 is 15.4 Å². The molecule has 0 radical (unpaired) electrons. The fraction of sp³-hybridized carbons (Fsp3) is 0.409. The summed E-state index contributed by atoms with van der Waals surface area (Å²) in [5, 5.41) is 0. The maximum atomic E-state index is 12.6. The second-order valence-electron chi connectivity index (χ2n) is 6.97. The molecule has 0 saturated carbocycles. The van der Waals surface area contributed by atoms with Crippen LogP contribution in [0.4, 0.5) is 0 Å². The number of piperazine rings is 1. The van der Waals surface area contributed by atoms with E-state index < -0.39 is 6.04 Å². The Morgan fingerprint density at radius 3 is 2.30 bits per heavy atom. The minimum absolute atomic E-state index is 0.0552.